The largest absolute Gasteiger partial charge is 0.330 e. The average molecular weight is 204 g/mol. The molecule has 0 aliphatic carbocycles. The number of rotatable bonds is 3. The van der Waals surface area contributed by atoms with Crippen LogP contribution in [0.15, 0.2) is 18.6 Å². The first-order valence-electron chi connectivity index (χ1n) is 5.24. The molecule has 0 aromatic carbocycles. The molecule has 0 unspecified atom stereocenters. The number of hydrogen-bond acceptors (Lipinski definition) is 3. The van der Waals surface area contributed by atoms with E-state index in [1.807, 2.05) is 16.8 Å². The van der Waals surface area contributed by atoms with Crippen molar-refractivity contribution in [2.24, 2.45) is 5.73 Å². The zero-order valence-electron chi connectivity index (χ0n) is 9.14. The van der Waals surface area contributed by atoms with Gasteiger partial charge in [0.2, 0.25) is 5.78 Å². The van der Waals surface area contributed by atoms with Crippen LogP contribution in [0.3, 0.4) is 0 Å². The highest BCUT2D eigenvalue weighted by Crippen LogP contribution is 2.13. The van der Waals surface area contributed by atoms with Gasteiger partial charge in [-0.2, -0.15) is 0 Å². The minimum Gasteiger partial charge on any atom is -0.330 e. The quantitative estimate of drug-likeness (QED) is 0.821. The van der Waals surface area contributed by atoms with E-state index in [4.69, 9.17) is 5.73 Å². The number of aromatic nitrogens is 3. The van der Waals surface area contributed by atoms with Gasteiger partial charge < -0.3 is 5.73 Å². The summed E-state index contributed by atoms with van der Waals surface area (Å²) >= 11 is 0. The second kappa shape index (κ2) is 3.98. The van der Waals surface area contributed by atoms with E-state index in [1.54, 1.807) is 0 Å². The van der Waals surface area contributed by atoms with Crippen molar-refractivity contribution < 1.29 is 0 Å². The van der Waals surface area contributed by atoms with Crippen LogP contribution in [0.4, 0.5) is 0 Å². The van der Waals surface area contributed by atoms with Crippen LogP contribution < -0.4 is 5.73 Å². The van der Waals surface area contributed by atoms with E-state index >= 15 is 0 Å². The normalized spacial score (nSPS) is 11.5. The van der Waals surface area contributed by atoms with E-state index in [0.29, 0.717) is 12.5 Å². The minimum absolute atomic E-state index is 0.488. The van der Waals surface area contributed by atoms with Gasteiger partial charge in [0.15, 0.2) is 0 Å². The summed E-state index contributed by atoms with van der Waals surface area (Å²) in [5.41, 5.74) is 7.72. The summed E-state index contributed by atoms with van der Waals surface area (Å²) in [5, 5.41) is 0. The highest BCUT2D eigenvalue weighted by Gasteiger charge is 2.04. The SMILES string of the molecule is CC(C)c1cnc2nc(CCN)cn2c1. The van der Waals surface area contributed by atoms with Crippen LogP contribution in [0.2, 0.25) is 0 Å². The molecule has 2 aromatic heterocycles. The summed E-state index contributed by atoms with van der Waals surface area (Å²) < 4.78 is 1.97. The molecule has 0 amide bonds. The Morgan fingerprint density at radius 2 is 2.20 bits per heavy atom. The lowest BCUT2D eigenvalue weighted by Crippen LogP contribution is -2.02. The summed E-state index contributed by atoms with van der Waals surface area (Å²) in [6, 6.07) is 0. The molecule has 0 radical (unpaired) electrons. The minimum atomic E-state index is 0.488. The van der Waals surface area contributed by atoms with Crippen LogP contribution in [0.1, 0.15) is 31.0 Å². The number of hydrogen-bond donors (Lipinski definition) is 1. The molecule has 2 aromatic rings. The molecule has 0 fully saturated rings. The Morgan fingerprint density at radius 1 is 1.40 bits per heavy atom. The fraction of sp³-hybridized carbons (Fsp3) is 0.455. The van der Waals surface area contributed by atoms with Gasteiger partial charge >= 0.3 is 0 Å². The van der Waals surface area contributed by atoms with Gasteiger partial charge in [0.05, 0.1) is 5.69 Å². The number of nitrogens with zero attached hydrogens (tertiary/aromatic N) is 3. The molecule has 2 N–H and O–H groups in total. The van der Waals surface area contributed by atoms with Crippen molar-refractivity contribution >= 4 is 5.78 Å². The van der Waals surface area contributed by atoms with Crippen LogP contribution in [-0.4, -0.2) is 20.9 Å². The molecular weight excluding hydrogens is 188 g/mol. The fourth-order valence-electron chi connectivity index (χ4n) is 1.52. The van der Waals surface area contributed by atoms with Crippen LogP contribution in [0, 0.1) is 0 Å². The van der Waals surface area contributed by atoms with Gasteiger partial charge in [-0.25, -0.2) is 9.97 Å². The summed E-state index contributed by atoms with van der Waals surface area (Å²) in [5.74, 6) is 1.24. The smallest absolute Gasteiger partial charge is 0.233 e. The molecule has 0 bridgehead atoms. The first-order valence-corrected chi connectivity index (χ1v) is 5.24. The second-order valence-corrected chi connectivity index (χ2v) is 4.02. The van der Waals surface area contributed by atoms with Crippen LogP contribution in [-0.2, 0) is 6.42 Å². The monoisotopic (exact) mass is 204 g/mol. The molecule has 4 heteroatoms. The van der Waals surface area contributed by atoms with Crippen molar-refractivity contribution in [1.29, 1.82) is 0 Å². The van der Waals surface area contributed by atoms with Gasteiger partial charge in [-0.05, 0) is 18.0 Å². The number of fused-ring (bicyclic) bond motifs is 1. The first kappa shape index (κ1) is 10.1. The molecule has 0 aliphatic heterocycles. The zero-order valence-corrected chi connectivity index (χ0v) is 9.14. The van der Waals surface area contributed by atoms with Gasteiger partial charge in [0.1, 0.15) is 0 Å². The average Bonchev–Trinajstić information content (AvgIpc) is 2.59. The highest BCUT2D eigenvalue weighted by atomic mass is 15.1. The van der Waals surface area contributed by atoms with Gasteiger partial charge in [0.25, 0.3) is 0 Å². The van der Waals surface area contributed by atoms with Gasteiger partial charge in [-0.15, -0.1) is 0 Å². The van der Waals surface area contributed by atoms with E-state index in [0.717, 1.165) is 17.9 Å². The Labute approximate surface area is 89.2 Å². The maximum absolute atomic E-state index is 5.49. The lowest BCUT2D eigenvalue weighted by Gasteiger charge is -2.03. The van der Waals surface area contributed by atoms with Gasteiger partial charge in [0, 0.05) is 25.0 Å². The van der Waals surface area contributed by atoms with Crippen LogP contribution in [0.25, 0.3) is 5.78 Å². The lowest BCUT2D eigenvalue weighted by atomic mass is 10.1. The van der Waals surface area contributed by atoms with E-state index < -0.39 is 0 Å². The molecule has 2 heterocycles. The predicted molar refractivity (Wildman–Crippen MR) is 59.8 cm³/mol. The lowest BCUT2D eigenvalue weighted by molar-refractivity contribution is 0.841. The molecule has 2 rings (SSSR count). The fourth-order valence-corrected chi connectivity index (χ4v) is 1.52. The summed E-state index contributed by atoms with van der Waals surface area (Å²) in [7, 11) is 0. The Morgan fingerprint density at radius 3 is 2.87 bits per heavy atom. The van der Waals surface area contributed by atoms with E-state index in [9.17, 15) is 0 Å². The molecule has 0 saturated carbocycles. The van der Waals surface area contributed by atoms with Crippen molar-refractivity contribution in [3.8, 4) is 0 Å². The predicted octanol–water partition coefficient (Wildman–Crippen LogP) is 1.35. The van der Waals surface area contributed by atoms with E-state index in [2.05, 4.69) is 30.0 Å². The van der Waals surface area contributed by atoms with Crippen LogP contribution >= 0.6 is 0 Å². The Bertz CT molecular complexity index is 459. The van der Waals surface area contributed by atoms with Crippen molar-refractivity contribution in [3.05, 3.63) is 29.8 Å². The second-order valence-electron chi connectivity index (χ2n) is 4.02. The molecular formula is C11H16N4. The summed E-state index contributed by atoms with van der Waals surface area (Å²) in [6.07, 6.45) is 6.78. The highest BCUT2D eigenvalue weighted by molar-refractivity contribution is 5.32. The Balaban J connectivity index is 2.43. The summed E-state index contributed by atoms with van der Waals surface area (Å²) in [6.45, 7) is 4.93. The number of nitrogens with two attached hydrogens (primary N) is 1. The molecule has 4 nitrogen and oxygen atoms in total. The standard InChI is InChI=1S/C11H16N4/c1-8(2)9-5-13-11-14-10(3-4-12)7-15(11)6-9/h5-8H,3-4,12H2,1-2H3. The maximum atomic E-state index is 5.49. The van der Waals surface area contributed by atoms with Crippen LogP contribution in [0.5, 0.6) is 0 Å². The van der Waals surface area contributed by atoms with E-state index in [1.165, 1.54) is 5.56 Å². The summed E-state index contributed by atoms with van der Waals surface area (Å²) in [4.78, 5) is 8.69. The third kappa shape index (κ3) is 1.99. The Hall–Kier alpha value is -1.42. The number of imidazole rings is 1. The molecule has 15 heavy (non-hydrogen) atoms. The zero-order chi connectivity index (χ0) is 10.8. The molecule has 0 spiro atoms. The molecule has 80 valence electrons. The molecule has 0 atom stereocenters. The molecule has 0 saturated heterocycles. The Kier molecular flexibility index (Phi) is 2.68. The topological polar surface area (TPSA) is 56.2 Å². The molecule has 0 aliphatic rings. The van der Waals surface area contributed by atoms with Crippen molar-refractivity contribution in [3.63, 3.8) is 0 Å². The van der Waals surface area contributed by atoms with Crippen molar-refractivity contribution in [2.75, 3.05) is 6.54 Å². The van der Waals surface area contributed by atoms with Crippen molar-refractivity contribution in [2.45, 2.75) is 26.2 Å². The first-order chi connectivity index (χ1) is 7.20. The maximum Gasteiger partial charge on any atom is 0.233 e. The third-order valence-corrected chi connectivity index (χ3v) is 2.45. The van der Waals surface area contributed by atoms with Gasteiger partial charge in [-0.1, -0.05) is 13.8 Å². The third-order valence-electron chi connectivity index (χ3n) is 2.45. The van der Waals surface area contributed by atoms with Crippen molar-refractivity contribution in [1.82, 2.24) is 14.4 Å². The van der Waals surface area contributed by atoms with Gasteiger partial charge in [-0.3, -0.25) is 4.40 Å². The van der Waals surface area contributed by atoms with E-state index in [-0.39, 0.29) is 0 Å².